The maximum atomic E-state index is 8.80. The minimum absolute atomic E-state index is 0.0242. The lowest BCUT2D eigenvalue weighted by molar-refractivity contribution is 0.201. The third-order valence-corrected chi connectivity index (χ3v) is 4.28. The van der Waals surface area contributed by atoms with E-state index in [-0.39, 0.29) is 18.6 Å². The largest absolute Gasteiger partial charge is 0.491 e. The number of hydrogen-bond acceptors (Lipinski definition) is 4. The van der Waals surface area contributed by atoms with Crippen molar-refractivity contribution >= 4 is 0 Å². The lowest BCUT2D eigenvalue weighted by Crippen LogP contribution is -2.09. The van der Waals surface area contributed by atoms with Crippen LogP contribution in [0.25, 0.3) is 0 Å². The molecule has 2 N–H and O–H groups in total. The van der Waals surface area contributed by atoms with E-state index in [0.29, 0.717) is 13.2 Å². The molecule has 1 aliphatic carbocycles. The van der Waals surface area contributed by atoms with Crippen LogP contribution in [0.5, 0.6) is 11.5 Å². The van der Waals surface area contributed by atoms with Crippen LogP contribution in [0.2, 0.25) is 0 Å². The van der Waals surface area contributed by atoms with Crippen molar-refractivity contribution in [3.05, 3.63) is 59.7 Å². The van der Waals surface area contributed by atoms with Gasteiger partial charge in [-0.2, -0.15) is 0 Å². The first-order valence-corrected chi connectivity index (χ1v) is 7.97. The van der Waals surface area contributed by atoms with Crippen LogP contribution in [-0.2, 0) is 5.41 Å². The Morgan fingerprint density at radius 2 is 1.09 bits per heavy atom. The first-order chi connectivity index (χ1) is 11.3. The van der Waals surface area contributed by atoms with E-state index in [0.717, 1.165) is 24.3 Å². The van der Waals surface area contributed by atoms with Gasteiger partial charge in [0.15, 0.2) is 0 Å². The minimum atomic E-state index is 0.0242. The van der Waals surface area contributed by atoms with Crippen LogP contribution in [-0.4, -0.2) is 36.6 Å². The van der Waals surface area contributed by atoms with Gasteiger partial charge in [-0.1, -0.05) is 24.3 Å². The molecule has 0 unspecified atom stereocenters. The van der Waals surface area contributed by atoms with Crippen LogP contribution < -0.4 is 9.47 Å². The third-order valence-electron chi connectivity index (χ3n) is 4.28. The zero-order chi connectivity index (χ0) is 16.1. The monoisotopic (exact) mass is 314 g/mol. The van der Waals surface area contributed by atoms with E-state index < -0.39 is 0 Å². The van der Waals surface area contributed by atoms with Crippen molar-refractivity contribution in [1.29, 1.82) is 0 Å². The predicted octanol–water partition coefficient (Wildman–Crippen LogP) is 2.51. The fourth-order valence-electron chi connectivity index (χ4n) is 2.94. The Morgan fingerprint density at radius 3 is 1.39 bits per heavy atom. The molecule has 4 nitrogen and oxygen atoms in total. The zero-order valence-electron chi connectivity index (χ0n) is 13.1. The number of aliphatic hydroxyl groups excluding tert-OH is 2. The first-order valence-electron chi connectivity index (χ1n) is 7.97. The Hall–Kier alpha value is -2.04. The van der Waals surface area contributed by atoms with Gasteiger partial charge < -0.3 is 19.7 Å². The van der Waals surface area contributed by atoms with Crippen LogP contribution >= 0.6 is 0 Å². The molecular weight excluding hydrogens is 292 g/mol. The van der Waals surface area contributed by atoms with Gasteiger partial charge in [0.2, 0.25) is 0 Å². The second-order valence-electron chi connectivity index (χ2n) is 5.77. The number of hydrogen-bond donors (Lipinski definition) is 2. The average molecular weight is 314 g/mol. The van der Waals surface area contributed by atoms with Gasteiger partial charge in [0, 0.05) is 5.41 Å². The fourth-order valence-corrected chi connectivity index (χ4v) is 2.94. The topological polar surface area (TPSA) is 58.9 Å². The van der Waals surface area contributed by atoms with Crippen LogP contribution in [0, 0.1) is 0 Å². The summed E-state index contributed by atoms with van der Waals surface area (Å²) in [6.45, 7) is 0.687. The van der Waals surface area contributed by atoms with Crippen molar-refractivity contribution in [1.82, 2.24) is 0 Å². The fraction of sp³-hybridized carbons (Fsp3) is 0.368. The lowest BCUT2D eigenvalue weighted by Gasteiger charge is -2.17. The van der Waals surface area contributed by atoms with Crippen molar-refractivity contribution < 1.29 is 19.7 Å². The second kappa shape index (κ2) is 7.02. The van der Waals surface area contributed by atoms with E-state index in [1.165, 1.54) is 11.1 Å². The molecule has 0 atom stereocenters. The van der Waals surface area contributed by atoms with Crippen LogP contribution in [0.4, 0.5) is 0 Å². The van der Waals surface area contributed by atoms with Gasteiger partial charge in [-0.15, -0.1) is 0 Å². The highest BCUT2D eigenvalue weighted by Crippen LogP contribution is 2.53. The van der Waals surface area contributed by atoms with Crippen molar-refractivity contribution in [3.8, 4) is 11.5 Å². The molecule has 0 amide bonds. The maximum absolute atomic E-state index is 8.80. The van der Waals surface area contributed by atoms with Gasteiger partial charge in [0.05, 0.1) is 13.2 Å². The quantitative estimate of drug-likeness (QED) is 0.786. The van der Waals surface area contributed by atoms with Gasteiger partial charge in [0.25, 0.3) is 0 Å². The molecule has 0 bridgehead atoms. The Kier molecular flexibility index (Phi) is 4.84. The molecule has 23 heavy (non-hydrogen) atoms. The normalized spacial score (nSPS) is 15.2. The summed E-state index contributed by atoms with van der Waals surface area (Å²) in [5.74, 6) is 1.57. The Labute approximate surface area is 136 Å². The highest BCUT2D eigenvalue weighted by atomic mass is 16.5. The summed E-state index contributed by atoms with van der Waals surface area (Å²) in [6.07, 6.45) is 2.28. The predicted molar refractivity (Wildman–Crippen MR) is 88.1 cm³/mol. The summed E-state index contributed by atoms with van der Waals surface area (Å²) in [4.78, 5) is 0. The highest BCUT2D eigenvalue weighted by Gasteiger charge is 2.45. The van der Waals surface area contributed by atoms with Gasteiger partial charge >= 0.3 is 0 Å². The number of ether oxygens (including phenoxy) is 2. The van der Waals surface area contributed by atoms with Crippen molar-refractivity contribution in [2.24, 2.45) is 0 Å². The summed E-state index contributed by atoms with van der Waals surface area (Å²) in [6, 6.07) is 16.3. The molecule has 3 rings (SSSR count). The van der Waals surface area contributed by atoms with Gasteiger partial charge in [0.1, 0.15) is 24.7 Å². The molecule has 1 saturated carbocycles. The van der Waals surface area contributed by atoms with E-state index in [2.05, 4.69) is 24.3 Å². The van der Waals surface area contributed by atoms with E-state index in [9.17, 15) is 0 Å². The number of aliphatic hydroxyl groups is 2. The van der Waals surface area contributed by atoms with Gasteiger partial charge in [-0.3, -0.25) is 0 Å². The molecule has 0 aromatic heterocycles. The van der Waals surface area contributed by atoms with Crippen LogP contribution in [0.3, 0.4) is 0 Å². The SMILES string of the molecule is OCCOc1ccc(C2(c3ccc(OCCO)cc3)CC2)cc1. The van der Waals surface area contributed by atoms with Gasteiger partial charge in [-0.25, -0.2) is 0 Å². The minimum Gasteiger partial charge on any atom is -0.491 e. The number of rotatable bonds is 8. The smallest absolute Gasteiger partial charge is 0.119 e. The first kappa shape index (κ1) is 15.8. The van der Waals surface area contributed by atoms with E-state index in [1.807, 2.05) is 24.3 Å². The Bertz CT molecular complexity index is 561. The summed E-state index contributed by atoms with van der Waals surface area (Å²) in [7, 11) is 0. The third kappa shape index (κ3) is 3.49. The molecule has 122 valence electrons. The van der Waals surface area contributed by atoms with E-state index in [4.69, 9.17) is 19.7 Å². The van der Waals surface area contributed by atoms with Crippen LogP contribution in [0.15, 0.2) is 48.5 Å². The molecule has 0 aliphatic heterocycles. The Balaban J connectivity index is 1.73. The lowest BCUT2D eigenvalue weighted by atomic mass is 9.88. The molecular formula is C19H22O4. The molecule has 4 heteroatoms. The molecule has 1 aliphatic rings. The van der Waals surface area contributed by atoms with Crippen molar-refractivity contribution in [2.75, 3.05) is 26.4 Å². The standard InChI is InChI=1S/C19H22O4/c20-11-13-22-17-5-1-15(2-6-17)19(9-10-19)16-3-7-18(8-4-16)23-14-12-21/h1-8,20-21H,9-14H2. The van der Waals surface area contributed by atoms with Crippen molar-refractivity contribution in [2.45, 2.75) is 18.3 Å². The molecule has 2 aromatic carbocycles. The molecule has 0 heterocycles. The molecule has 2 aromatic rings. The molecule has 0 saturated heterocycles. The molecule has 0 spiro atoms. The van der Waals surface area contributed by atoms with Crippen molar-refractivity contribution in [3.63, 3.8) is 0 Å². The zero-order valence-corrected chi connectivity index (χ0v) is 13.1. The summed E-state index contributed by atoms with van der Waals surface area (Å²) in [5.41, 5.74) is 2.68. The van der Waals surface area contributed by atoms with Crippen LogP contribution in [0.1, 0.15) is 24.0 Å². The molecule has 1 fully saturated rings. The molecule has 0 radical (unpaired) electrons. The highest BCUT2D eigenvalue weighted by molar-refractivity contribution is 5.47. The average Bonchev–Trinajstić information content (AvgIpc) is 3.41. The van der Waals surface area contributed by atoms with E-state index in [1.54, 1.807) is 0 Å². The van der Waals surface area contributed by atoms with Gasteiger partial charge in [-0.05, 0) is 48.2 Å². The summed E-state index contributed by atoms with van der Waals surface area (Å²) in [5, 5.41) is 17.6. The van der Waals surface area contributed by atoms with E-state index >= 15 is 0 Å². The number of benzene rings is 2. The summed E-state index contributed by atoms with van der Waals surface area (Å²) >= 11 is 0. The Morgan fingerprint density at radius 1 is 0.696 bits per heavy atom. The summed E-state index contributed by atoms with van der Waals surface area (Å²) < 4.78 is 10.8. The maximum Gasteiger partial charge on any atom is 0.119 e. The second-order valence-corrected chi connectivity index (χ2v) is 5.77.